The summed E-state index contributed by atoms with van der Waals surface area (Å²) in [7, 11) is 0. The first-order valence-electron chi connectivity index (χ1n) is 13.4. The molecule has 0 spiro atoms. The van der Waals surface area contributed by atoms with Gasteiger partial charge < -0.3 is 9.64 Å². The molecule has 6 aromatic rings. The molecule has 0 fully saturated rings. The van der Waals surface area contributed by atoms with Crippen molar-refractivity contribution in [3.05, 3.63) is 187 Å². The van der Waals surface area contributed by atoms with Gasteiger partial charge in [0.05, 0.1) is 0 Å². The number of nitrogens with zero attached hydrogens (tertiary/aromatic N) is 1. The fourth-order valence-corrected chi connectivity index (χ4v) is 4.77. The fraction of sp³-hybridized carbons (Fsp3) is 0. The predicted octanol–water partition coefficient (Wildman–Crippen LogP) is 10.5. The molecular formula is C38H29NO. The third kappa shape index (κ3) is 5.87. The van der Waals surface area contributed by atoms with Crippen LogP contribution in [0.1, 0.15) is 16.7 Å². The lowest BCUT2D eigenvalue weighted by molar-refractivity contribution is 0.483. The minimum atomic E-state index is 0.804. The van der Waals surface area contributed by atoms with Crippen LogP contribution in [-0.2, 0) is 0 Å². The van der Waals surface area contributed by atoms with Gasteiger partial charge in [0, 0.05) is 17.1 Å². The minimum Gasteiger partial charge on any atom is -0.457 e. The standard InChI is InChI=1S/C38H29NO/c1-5-13-31(14-6-1)38(32-15-7-2-8-16-32)29-30-21-23-34(24-22-30)39(33-17-9-3-10-18-33)35-25-27-37(28-26-35)40-36-19-11-4-12-20-36/h1-29H. The third-order valence-corrected chi connectivity index (χ3v) is 6.72. The molecule has 0 aliphatic rings. The Morgan fingerprint density at radius 3 is 1.32 bits per heavy atom. The summed E-state index contributed by atoms with van der Waals surface area (Å²) in [4.78, 5) is 2.26. The van der Waals surface area contributed by atoms with Gasteiger partial charge in [-0.25, -0.2) is 0 Å². The van der Waals surface area contributed by atoms with Crippen molar-refractivity contribution in [3.63, 3.8) is 0 Å². The highest BCUT2D eigenvalue weighted by molar-refractivity contribution is 5.91. The first-order chi connectivity index (χ1) is 19.8. The zero-order valence-corrected chi connectivity index (χ0v) is 22.1. The first kappa shape index (κ1) is 25.0. The van der Waals surface area contributed by atoms with Crippen molar-refractivity contribution in [2.75, 3.05) is 4.90 Å². The van der Waals surface area contributed by atoms with Crippen LogP contribution in [0.2, 0.25) is 0 Å². The summed E-state index contributed by atoms with van der Waals surface area (Å²) >= 11 is 0. The highest BCUT2D eigenvalue weighted by Crippen LogP contribution is 2.36. The largest absolute Gasteiger partial charge is 0.457 e. The van der Waals surface area contributed by atoms with E-state index in [4.69, 9.17) is 4.74 Å². The van der Waals surface area contributed by atoms with Gasteiger partial charge in [-0.15, -0.1) is 0 Å². The molecule has 0 aromatic heterocycles. The maximum absolute atomic E-state index is 6.03. The average Bonchev–Trinajstić information content (AvgIpc) is 3.03. The minimum absolute atomic E-state index is 0.804. The second-order valence-corrected chi connectivity index (χ2v) is 9.46. The Balaban J connectivity index is 1.33. The molecule has 0 bridgehead atoms. The van der Waals surface area contributed by atoms with Gasteiger partial charge >= 0.3 is 0 Å². The number of rotatable bonds is 8. The lowest BCUT2D eigenvalue weighted by Gasteiger charge is -2.25. The topological polar surface area (TPSA) is 12.5 Å². The third-order valence-electron chi connectivity index (χ3n) is 6.72. The molecule has 0 saturated heterocycles. The smallest absolute Gasteiger partial charge is 0.127 e. The van der Waals surface area contributed by atoms with Crippen molar-refractivity contribution in [2.45, 2.75) is 0 Å². The molecule has 40 heavy (non-hydrogen) atoms. The zero-order chi connectivity index (χ0) is 27.0. The molecule has 6 aromatic carbocycles. The molecule has 0 heterocycles. The van der Waals surface area contributed by atoms with Crippen molar-refractivity contribution < 1.29 is 4.74 Å². The highest BCUT2D eigenvalue weighted by Gasteiger charge is 2.13. The van der Waals surface area contributed by atoms with Crippen LogP contribution in [-0.4, -0.2) is 0 Å². The summed E-state index contributed by atoms with van der Waals surface area (Å²) in [6.45, 7) is 0. The maximum Gasteiger partial charge on any atom is 0.127 e. The van der Waals surface area contributed by atoms with E-state index in [2.05, 4.69) is 132 Å². The van der Waals surface area contributed by atoms with E-state index >= 15 is 0 Å². The van der Waals surface area contributed by atoms with Crippen molar-refractivity contribution in [2.24, 2.45) is 0 Å². The molecule has 0 aliphatic carbocycles. The number of anilines is 3. The summed E-state index contributed by atoms with van der Waals surface area (Å²) in [5, 5.41) is 0. The van der Waals surface area contributed by atoms with Crippen molar-refractivity contribution >= 4 is 28.7 Å². The van der Waals surface area contributed by atoms with Crippen LogP contribution in [0.3, 0.4) is 0 Å². The summed E-state index contributed by atoms with van der Waals surface area (Å²) < 4.78 is 6.03. The second-order valence-electron chi connectivity index (χ2n) is 9.46. The molecule has 0 aliphatic heterocycles. The van der Waals surface area contributed by atoms with Crippen molar-refractivity contribution in [1.29, 1.82) is 0 Å². The maximum atomic E-state index is 6.03. The lowest BCUT2D eigenvalue weighted by atomic mass is 9.95. The van der Waals surface area contributed by atoms with E-state index in [1.165, 1.54) is 16.7 Å². The highest BCUT2D eigenvalue weighted by atomic mass is 16.5. The second kappa shape index (κ2) is 12.0. The van der Waals surface area contributed by atoms with Gasteiger partial charge in [-0.2, -0.15) is 0 Å². The summed E-state index contributed by atoms with van der Waals surface area (Å²) in [6, 6.07) is 58.4. The molecule has 2 nitrogen and oxygen atoms in total. The van der Waals surface area contributed by atoms with Gasteiger partial charge in [0.15, 0.2) is 0 Å². The predicted molar refractivity (Wildman–Crippen MR) is 167 cm³/mol. The van der Waals surface area contributed by atoms with Crippen LogP contribution < -0.4 is 9.64 Å². The van der Waals surface area contributed by atoms with Crippen LogP contribution in [0.15, 0.2) is 170 Å². The van der Waals surface area contributed by atoms with E-state index < -0.39 is 0 Å². The zero-order valence-electron chi connectivity index (χ0n) is 22.1. The Morgan fingerprint density at radius 2 is 0.800 bits per heavy atom. The molecule has 0 radical (unpaired) electrons. The normalized spacial score (nSPS) is 10.5. The molecule has 2 heteroatoms. The van der Waals surface area contributed by atoms with Gasteiger partial charge in [-0.05, 0) is 89.0 Å². The van der Waals surface area contributed by atoms with Crippen LogP contribution in [0, 0.1) is 0 Å². The summed E-state index contributed by atoms with van der Waals surface area (Å²) in [6.07, 6.45) is 2.26. The van der Waals surface area contributed by atoms with Gasteiger partial charge in [0.1, 0.15) is 11.5 Å². The van der Waals surface area contributed by atoms with Gasteiger partial charge in [0.25, 0.3) is 0 Å². The monoisotopic (exact) mass is 515 g/mol. The Bertz CT molecular complexity index is 1620. The van der Waals surface area contributed by atoms with Crippen LogP contribution in [0.4, 0.5) is 17.1 Å². The van der Waals surface area contributed by atoms with Crippen molar-refractivity contribution in [3.8, 4) is 11.5 Å². The van der Waals surface area contributed by atoms with E-state index in [1.807, 2.05) is 48.5 Å². The van der Waals surface area contributed by atoms with Crippen LogP contribution in [0.5, 0.6) is 11.5 Å². The summed E-state index contributed by atoms with van der Waals surface area (Å²) in [5.41, 5.74) is 7.97. The Labute approximate surface area is 236 Å². The van der Waals surface area contributed by atoms with E-state index in [9.17, 15) is 0 Å². The molecule has 192 valence electrons. The molecular weight excluding hydrogens is 486 g/mol. The van der Waals surface area contributed by atoms with E-state index in [-0.39, 0.29) is 0 Å². The molecule has 6 rings (SSSR count). The average molecular weight is 516 g/mol. The molecule has 0 N–H and O–H groups in total. The number of benzene rings is 6. The van der Waals surface area contributed by atoms with Crippen molar-refractivity contribution in [1.82, 2.24) is 0 Å². The number of para-hydroxylation sites is 2. The van der Waals surface area contributed by atoms with E-state index in [0.29, 0.717) is 0 Å². The molecule has 0 unspecified atom stereocenters. The van der Waals surface area contributed by atoms with Gasteiger partial charge in [-0.1, -0.05) is 109 Å². The SMILES string of the molecule is C(=C(c1ccccc1)c1ccccc1)c1ccc(N(c2ccccc2)c2ccc(Oc3ccccc3)cc2)cc1. The van der Waals surface area contributed by atoms with Crippen LogP contribution >= 0.6 is 0 Å². The Kier molecular flexibility index (Phi) is 7.50. The Hall–Kier alpha value is -5.34. The molecule has 0 amide bonds. The van der Waals surface area contributed by atoms with Gasteiger partial charge in [-0.3, -0.25) is 0 Å². The molecule has 0 atom stereocenters. The first-order valence-corrected chi connectivity index (χ1v) is 13.4. The summed E-state index contributed by atoms with van der Waals surface area (Å²) in [5.74, 6) is 1.63. The van der Waals surface area contributed by atoms with Gasteiger partial charge in [0.2, 0.25) is 0 Å². The number of hydrogen-bond donors (Lipinski definition) is 0. The fourth-order valence-electron chi connectivity index (χ4n) is 4.77. The quantitative estimate of drug-likeness (QED) is 0.187. The Morgan fingerprint density at radius 1 is 0.400 bits per heavy atom. The number of ether oxygens (including phenoxy) is 1. The lowest BCUT2D eigenvalue weighted by Crippen LogP contribution is -2.09. The van der Waals surface area contributed by atoms with E-state index in [1.54, 1.807) is 0 Å². The number of hydrogen-bond acceptors (Lipinski definition) is 2. The van der Waals surface area contributed by atoms with E-state index in [0.717, 1.165) is 34.1 Å². The molecule has 0 saturated carbocycles. The van der Waals surface area contributed by atoms with Crippen LogP contribution in [0.25, 0.3) is 11.6 Å².